The Balaban J connectivity index is 2.35. The van der Waals surface area contributed by atoms with Crippen molar-refractivity contribution in [3.05, 3.63) is 48.0 Å². The van der Waals surface area contributed by atoms with Gasteiger partial charge < -0.3 is 5.32 Å². The number of carbonyl (C=O) groups excluding carboxylic acids is 1. The predicted molar refractivity (Wildman–Crippen MR) is 67.3 cm³/mol. The van der Waals surface area contributed by atoms with Gasteiger partial charge in [-0.15, -0.1) is 6.58 Å². The van der Waals surface area contributed by atoms with Gasteiger partial charge in [-0.1, -0.05) is 18.2 Å². The molecule has 0 aliphatic carbocycles. The number of unbranched alkanes of at least 4 members (excludes halogenated alkanes) is 1. The van der Waals surface area contributed by atoms with Gasteiger partial charge >= 0.3 is 0 Å². The van der Waals surface area contributed by atoms with E-state index in [0.717, 1.165) is 18.4 Å². The molecule has 17 heavy (non-hydrogen) atoms. The van der Waals surface area contributed by atoms with Crippen molar-refractivity contribution in [2.24, 2.45) is 0 Å². The van der Waals surface area contributed by atoms with E-state index >= 15 is 0 Å². The van der Waals surface area contributed by atoms with E-state index in [1.165, 1.54) is 0 Å². The molecular weight excluding hydrogens is 212 g/mol. The van der Waals surface area contributed by atoms with Crippen LogP contribution in [0.1, 0.15) is 24.0 Å². The average molecular weight is 228 g/mol. The fraction of sp³-hybridized carbons (Fsp3) is 0.286. The normalized spacial score (nSPS) is 9.35. The van der Waals surface area contributed by atoms with Crippen molar-refractivity contribution in [1.29, 1.82) is 5.26 Å². The lowest BCUT2D eigenvalue weighted by Crippen LogP contribution is -2.25. The zero-order chi connectivity index (χ0) is 12.5. The van der Waals surface area contributed by atoms with Crippen molar-refractivity contribution in [2.45, 2.75) is 19.3 Å². The second-order valence-electron chi connectivity index (χ2n) is 3.77. The molecule has 0 saturated heterocycles. The van der Waals surface area contributed by atoms with Gasteiger partial charge in [0.1, 0.15) is 0 Å². The molecule has 0 bridgehead atoms. The molecule has 1 rings (SSSR count). The van der Waals surface area contributed by atoms with Crippen LogP contribution in [0.3, 0.4) is 0 Å². The lowest BCUT2D eigenvalue weighted by Gasteiger charge is -2.04. The lowest BCUT2D eigenvalue weighted by molar-refractivity contribution is -0.120. The van der Waals surface area contributed by atoms with Gasteiger partial charge in [0.25, 0.3) is 0 Å². The Bertz CT molecular complexity index is 415. The molecular formula is C14H16N2O. The second-order valence-corrected chi connectivity index (χ2v) is 3.77. The van der Waals surface area contributed by atoms with Crippen molar-refractivity contribution in [3.8, 4) is 6.07 Å². The maximum atomic E-state index is 11.5. The number of hydrogen-bond acceptors (Lipinski definition) is 2. The van der Waals surface area contributed by atoms with Crippen molar-refractivity contribution in [2.75, 3.05) is 6.54 Å². The lowest BCUT2D eigenvalue weighted by atomic mass is 10.1. The van der Waals surface area contributed by atoms with Crippen molar-refractivity contribution < 1.29 is 4.79 Å². The highest BCUT2D eigenvalue weighted by Crippen LogP contribution is 2.04. The molecule has 0 aliphatic heterocycles. The molecule has 0 aromatic heterocycles. The molecule has 1 amide bonds. The van der Waals surface area contributed by atoms with Crippen LogP contribution in [0.4, 0.5) is 0 Å². The zero-order valence-electron chi connectivity index (χ0n) is 9.78. The molecule has 0 atom stereocenters. The number of rotatable bonds is 6. The minimum atomic E-state index is 0.0127. The summed E-state index contributed by atoms with van der Waals surface area (Å²) in [7, 11) is 0. The van der Waals surface area contributed by atoms with E-state index in [2.05, 4.69) is 11.9 Å². The molecule has 88 valence electrons. The predicted octanol–water partition coefficient (Wildman–Crippen LogP) is 2.18. The third-order valence-corrected chi connectivity index (χ3v) is 2.35. The highest BCUT2D eigenvalue weighted by molar-refractivity contribution is 5.78. The summed E-state index contributed by atoms with van der Waals surface area (Å²) in [4.78, 5) is 11.5. The first kappa shape index (κ1) is 13.0. The number of hydrogen-bond donors (Lipinski definition) is 1. The standard InChI is InChI=1S/C14H16N2O/c1-2-3-4-9-16-14(17)10-12-5-7-13(11-15)8-6-12/h2,5-8H,1,3-4,9-10H2,(H,16,17). The third-order valence-electron chi connectivity index (χ3n) is 2.35. The Morgan fingerprint density at radius 2 is 2.12 bits per heavy atom. The summed E-state index contributed by atoms with van der Waals surface area (Å²) < 4.78 is 0. The van der Waals surface area contributed by atoms with Crippen LogP contribution >= 0.6 is 0 Å². The number of benzene rings is 1. The number of nitriles is 1. The first-order valence-corrected chi connectivity index (χ1v) is 5.63. The van der Waals surface area contributed by atoms with Crippen LogP contribution in [-0.4, -0.2) is 12.5 Å². The number of allylic oxidation sites excluding steroid dienone is 1. The van der Waals surface area contributed by atoms with Gasteiger partial charge in [-0.3, -0.25) is 4.79 Å². The summed E-state index contributed by atoms with van der Waals surface area (Å²) in [5, 5.41) is 11.5. The molecule has 0 fully saturated rings. The zero-order valence-corrected chi connectivity index (χ0v) is 9.78. The molecule has 0 heterocycles. The van der Waals surface area contributed by atoms with Crippen molar-refractivity contribution in [3.63, 3.8) is 0 Å². The average Bonchev–Trinajstić information content (AvgIpc) is 2.36. The molecule has 0 saturated carbocycles. The summed E-state index contributed by atoms with van der Waals surface area (Å²) in [6.45, 7) is 4.30. The smallest absolute Gasteiger partial charge is 0.224 e. The van der Waals surface area contributed by atoms with Gasteiger partial charge in [0.15, 0.2) is 0 Å². The Morgan fingerprint density at radius 3 is 2.71 bits per heavy atom. The van der Waals surface area contributed by atoms with Gasteiger partial charge in [-0.05, 0) is 30.5 Å². The SMILES string of the molecule is C=CCCCNC(=O)Cc1ccc(C#N)cc1. The van der Waals surface area contributed by atoms with E-state index < -0.39 is 0 Å². The molecule has 0 unspecified atom stereocenters. The largest absolute Gasteiger partial charge is 0.356 e. The minimum Gasteiger partial charge on any atom is -0.356 e. The van der Waals surface area contributed by atoms with Gasteiger partial charge in [-0.25, -0.2) is 0 Å². The summed E-state index contributed by atoms with van der Waals surface area (Å²) in [6, 6.07) is 9.11. The van der Waals surface area contributed by atoms with Crippen LogP contribution in [0.5, 0.6) is 0 Å². The van der Waals surface area contributed by atoms with Crippen LogP contribution in [0.2, 0.25) is 0 Å². The van der Waals surface area contributed by atoms with Crippen molar-refractivity contribution >= 4 is 5.91 Å². The van der Waals surface area contributed by atoms with E-state index in [-0.39, 0.29) is 5.91 Å². The van der Waals surface area contributed by atoms with Crippen LogP contribution in [0.25, 0.3) is 0 Å². The monoisotopic (exact) mass is 228 g/mol. The molecule has 1 N–H and O–H groups in total. The minimum absolute atomic E-state index is 0.0127. The topological polar surface area (TPSA) is 52.9 Å². The van der Waals surface area contributed by atoms with Gasteiger partial charge in [-0.2, -0.15) is 5.26 Å². The van der Waals surface area contributed by atoms with E-state index in [9.17, 15) is 4.79 Å². The second kappa shape index (κ2) is 7.24. The third kappa shape index (κ3) is 4.98. The van der Waals surface area contributed by atoms with E-state index in [0.29, 0.717) is 18.5 Å². The summed E-state index contributed by atoms with van der Waals surface area (Å²) in [6.07, 6.45) is 4.03. The summed E-state index contributed by atoms with van der Waals surface area (Å²) in [5.74, 6) is 0.0127. The Morgan fingerprint density at radius 1 is 1.41 bits per heavy atom. The first-order chi connectivity index (χ1) is 8.26. The van der Waals surface area contributed by atoms with Crippen LogP contribution < -0.4 is 5.32 Å². The Labute approximate surface area is 102 Å². The number of amides is 1. The molecule has 0 aliphatic rings. The van der Waals surface area contributed by atoms with Crippen LogP contribution in [0.15, 0.2) is 36.9 Å². The molecule has 0 radical (unpaired) electrons. The Kier molecular flexibility index (Phi) is 5.53. The molecule has 1 aromatic rings. The van der Waals surface area contributed by atoms with Gasteiger partial charge in [0.2, 0.25) is 5.91 Å². The quantitative estimate of drug-likeness (QED) is 0.599. The number of carbonyl (C=O) groups is 1. The fourth-order valence-electron chi connectivity index (χ4n) is 1.42. The first-order valence-electron chi connectivity index (χ1n) is 5.63. The summed E-state index contributed by atoms with van der Waals surface area (Å²) >= 11 is 0. The molecule has 1 aromatic carbocycles. The van der Waals surface area contributed by atoms with E-state index in [4.69, 9.17) is 5.26 Å². The van der Waals surface area contributed by atoms with Gasteiger partial charge in [0.05, 0.1) is 18.1 Å². The molecule has 3 nitrogen and oxygen atoms in total. The van der Waals surface area contributed by atoms with Crippen molar-refractivity contribution in [1.82, 2.24) is 5.32 Å². The molecule has 3 heteroatoms. The Hall–Kier alpha value is -2.08. The number of nitrogens with one attached hydrogen (secondary N) is 1. The maximum Gasteiger partial charge on any atom is 0.224 e. The van der Waals surface area contributed by atoms with Crippen LogP contribution in [-0.2, 0) is 11.2 Å². The highest BCUT2D eigenvalue weighted by Gasteiger charge is 2.02. The van der Waals surface area contributed by atoms with E-state index in [1.807, 2.05) is 24.3 Å². The van der Waals surface area contributed by atoms with Gasteiger partial charge in [0, 0.05) is 6.54 Å². The fourth-order valence-corrected chi connectivity index (χ4v) is 1.42. The van der Waals surface area contributed by atoms with Crippen LogP contribution in [0, 0.1) is 11.3 Å². The maximum absolute atomic E-state index is 11.5. The number of nitrogens with zero attached hydrogens (tertiary/aromatic N) is 1. The summed E-state index contributed by atoms with van der Waals surface area (Å²) in [5.41, 5.74) is 1.53. The van der Waals surface area contributed by atoms with E-state index in [1.54, 1.807) is 12.1 Å². The molecule has 0 spiro atoms. The highest BCUT2D eigenvalue weighted by atomic mass is 16.1.